The van der Waals surface area contributed by atoms with E-state index in [2.05, 4.69) is 25.8 Å². The predicted octanol–water partition coefficient (Wildman–Crippen LogP) is 2.77. The Bertz CT molecular complexity index is 785. The summed E-state index contributed by atoms with van der Waals surface area (Å²) >= 11 is 0. The smallest absolute Gasteiger partial charge is 0.275 e. The van der Waals surface area contributed by atoms with Crippen LogP contribution in [-0.2, 0) is 0 Å². The van der Waals surface area contributed by atoms with Crippen LogP contribution in [0.4, 0.5) is 17.3 Å². The van der Waals surface area contributed by atoms with Gasteiger partial charge in [-0.05, 0) is 19.1 Å². The molecule has 0 aliphatic carbocycles. The first-order valence-corrected chi connectivity index (χ1v) is 6.59. The number of benzene rings is 1. The van der Waals surface area contributed by atoms with Crippen LogP contribution in [0.15, 0.2) is 53.3 Å². The van der Waals surface area contributed by atoms with Crippen LogP contribution in [0.1, 0.15) is 16.2 Å². The molecule has 2 N–H and O–H groups in total. The fourth-order valence-corrected chi connectivity index (χ4v) is 1.82. The van der Waals surface area contributed by atoms with Crippen LogP contribution in [0.25, 0.3) is 0 Å². The summed E-state index contributed by atoms with van der Waals surface area (Å²) in [5.74, 6) is 1.11. The van der Waals surface area contributed by atoms with E-state index in [-0.39, 0.29) is 11.6 Å². The molecule has 3 rings (SSSR count). The highest BCUT2D eigenvalue weighted by molar-refractivity contribution is 6.02. The summed E-state index contributed by atoms with van der Waals surface area (Å²) in [6, 6.07) is 12.7. The lowest BCUT2D eigenvalue weighted by atomic mass is 10.3. The molecular formula is C15H13N5O2. The Hall–Kier alpha value is -3.22. The van der Waals surface area contributed by atoms with E-state index >= 15 is 0 Å². The predicted molar refractivity (Wildman–Crippen MR) is 80.9 cm³/mol. The van der Waals surface area contributed by atoms with E-state index < -0.39 is 0 Å². The summed E-state index contributed by atoms with van der Waals surface area (Å²) in [5.41, 5.74) is 1.11. The maximum absolute atomic E-state index is 12.1. The normalized spacial score (nSPS) is 10.2. The maximum Gasteiger partial charge on any atom is 0.275 e. The van der Waals surface area contributed by atoms with Gasteiger partial charge in [0.25, 0.3) is 5.91 Å². The third kappa shape index (κ3) is 3.26. The topological polar surface area (TPSA) is 92.9 Å². The number of hydrogen-bond acceptors (Lipinski definition) is 6. The molecule has 2 heterocycles. The van der Waals surface area contributed by atoms with E-state index in [1.807, 2.05) is 30.3 Å². The summed E-state index contributed by atoms with van der Waals surface area (Å²) in [6.07, 6.45) is 1.33. The van der Waals surface area contributed by atoms with Crippen molar-refractivity contribution in [1.82, 2.24) is 15.1 Å². The quantitative estimate of drug-likeness (QED) is 0.768. The van der Waals surface area contributed by atoms with Crippen LogP contribution in [0, 0.1) is 6.92 Å². The maximum atomic E-state index is 12.1. The summed E-state index contributed by atoms with van der Waals surface area (Å²) in [5, 5.41) is 9.42. The van der Waals surface area contributed by atoms with E-state index in [1.165, 1.54) is 6.33 Å². The van der Waals surface area contributed by atoms with Crippen molar-refractivity contribution in [2.45, 2.75) is 6.92 Å². The Morgan fingerprint density at radius 1 is 1.09 bits per heavy atom. The number of aryl methyl sites for hydroxylation is 1. The van der Waals surface area contributed by atoms with Gasteiger partial charge >= 0.3 is 0 Å². The van der Waals surface area contributed by atoms with Crippen LogP contribution in [0.5, 0.6) is 0 Å². The summed E-state index contributed by atoms with van der Waals surface area (Å²) in [7, 11) is 0. The third-order valence-electron chi connectivity index (χ3n) is 2.82. The van der Waals surface area contributed by atoms with Gasteiger partial charge in [-0.15, -0.1) is 0 Å². The number of anilines is 3. The standard InChI is InChI=1S/C15H13N5O2/c1-10-7-14(20-22-10)19-15(21)12-8-13(17-9-16-12)18-11-5-3-2-4-6-11/h2-9H,1H3,(H,16,17,18)(H,19,20,21). The van der Waals surface area contributed by atoms with E-state index in [9.17, 15) is 4.79 Å². The molecule has 110 valence electrons. The highest BCUT2D eigenvalue weighted by Crippen LogP contribution is 2.14. The van der Waals surface area contributed by atoms with Crippen molar-refractivity contribution >= 4 is 23.2 Å². The molecule has 0 atom stereocenters. The fraction of sp³-hybridized carbons (Fsp3) is 0.0667. The molecular weight excluding hydrogens is 282 g/mol. The second-order valence-corrected chi connectivity index (χ2v) is 4.56. The molecule has 1 amide bonds. The van der Waals surface area contributed by atoms with E-state index in [1.54, 1.807) is 19.1 Å². The zero-order valence-corrected chi connectivity index (χ0v) is 11.8. The fourth-order valence-electron chi connectivity index (χ4n) is 1.82. The molecule has 0 fully saturated rings. The van der Waals surface area contributed by atoms with E-state index in [0.29, 0.717) is 17.4 Å². The average Bonchev–Trinajstić information content (AvgIpc) is 2.93. The van der Waals surface area contributed by atoms with Gasteiger partial charge in [0, 0.05) is 17.8 Å². The van der Waals surface area contributed by atoms with Crippen LogP contribution >= 0.6 is 0 Å². The Labute approximate surface area is 126 Å². The molecule has 0 radical (unpaired) electrons. The SMILES string of the molecule is Cc1cc(NC(=O)c2cc(Nc3ccccc3)ncn2)no1. The highest BCUT2D eigenvalue weighted by atomic mass is 16.5. The lowest BCUT2D eigenvalue weighted by Gasteiger charge is -2.06. The second kappa shape index (κ2) is 6.04. The minimum absolute atomic E-state index is 0.231. The van der Waals surface area contributed by atoms with Gasteiger partial charge in [0.2, 0.25) is 0 Å². The molecule has 0 saturated heterocycles. The number of amides is 1. The molecule has 0 aliphatic heterocycles. The largest absolute Gasteiger partial charge is 0.360 e. The molecule has 0 spiro atoms. The average molecular weight is 295 g/mol. The van der Waals surface area contributed by atoms with Crippen molar-refractivity contribution < 1.29 is 9.32 Å². The number of hydrogen-bond donors (Lipinski definition) is 2. The number of para-hydroxylation sites is 1. The Kier molecular flexibility index (Phi) is 3.78. The van der Waals surface area contributed by atoms with Crippen LogP contribution in [0.3, 0.4) is 0 Å². The zero-order chi connectivity index (χ0) is 15.4. The molecule has 0 unspecified atom stereocenters. The number of nitrogens with one attached hydrogen (secondary N) is 2. The lowest BCUT2D eigenvalue weighted by molar-refractivity contribution is 0.102. The molecule has 7 heteroatoms. The van der Waals surface area contributed by atoms with Crippen molar-refractivity contribution in [1.29, 1.82) is 0 Å². The minimum Gasteiger partial charge on any atom is -0.360 e. The number of nitrogens with zero attached hydrogens (tertiary/aromatic N) is 3. The summed E-state index contributed by atoms with van der Waals surface area (Å²) < 4.78 is 4.89. The third-order valence-corrected chi connectivity index (χ3v) is 2.82. The van der Waals surface area contributed by atoms with Crippen LogP contribution < -0.4 is 10.6 Å². The molecule has 0 saturated carbocycles. The highest BCUT2D eigenvalue weighted by Gasteiger charge is 2.11. The first-order valence-electron chi connectivity index (χ1n) is 6.59. The van der Waals surface area contributed by atoms with E-state index in [0.717, 1.165) is 5.69 Å². The molecule has 1 aromatic carbocycles. The molecule has 22 heavy (non-hydrogen) atoms. The molecule has 3 aromatic rings. The van der Waals surface area contributed by atoms with E-state index in [4.69, 9.17) is 4.52 Å². The monoisotopic (exact) mass is 295 g/mol. The molecule has 2 aromatic heterocycles. The second-order valence-electron chi connectivity index (χ2n) is 4.56. The van der Waals surface area contributed by atoms with Crippen molar-refractivity contribution in [2.75, 3.05) is 10.6 Å². The molecule has 7 nitrogen and oxygen atoms in total. The Balaban J connectivity index is 1.74. The number of rotatable bonds is 4. The van der Waals surface area contributed by atoms with Gasteiger partial charge in [-0.3, -0.25) is 4.79 Å². The van der Waals surface area contributed by atoms with Crippen molar-refractivity contribution in [3.8, 4) is 0 Å². The molecule has 0 bridgehead atoms. The summed E-state index contributed by atoms with van der Waals surface area (Å²) in [6.45, 7) is 1.75. The number of aromatic nitrogens is 3. The minimum atomic E-state index is -0.383. The van der Waals surface area contributed by atoms with Crippen LogP contribution in [-0.4, -0.2) is 21.0 Å². The van der Waals surface area contributed by atoms with Gasteiger partial charge in [0.05, 0.1) is 0 Å². The lowest BCUT2D eigenvalue weighted by Crippen LogP contribution is -2.14. The van der Waals surface area contributed by atoms with Crippen molar-refractivity contribution in [2.24, 2.45) is 0 Å². The van der Waals surface area contributed by atoms with Crippen molar-refractivity contribution in [3.63, 3.8) is 0 Å². The van der Waals surface area contributed by atoms with Crippen LogP contribution in [0.2, 0.25) is 0 Å². The first-order chi connectivity index (χ1) is 10.7. The summed E-state index contributed by atoms with van der Waals surface area (Å²) in [4.78, 5) is 20.2. The van der Waals surface area contributed by atoms with Gasteiger partial charge in [-0.2, -0.15) is 0 Å². The first kappa shape index (κ1) is 13.7. The van der Waals surface area contributed by atoms with Gasteiger partial charge in [-0.25, -0.2) is 9.97 Å². The molecule has 0 aliphatic rings. The van der Waals surface area contributed by atoms with Gasteiger partial charge in [0.1, 0.15) is 23.6 Å². The van der Waals surface area contributed by atoms with Gasteiger partial charge in [-0.1, -0.05) is 23.4 Å². The van der Waals surface area contributed by atoms with Crippen molar-refractivity contribution in [3.05, 3.63) is 60.2 Å². The van der Waals surface area contributed by atoms with Gasteiger partial charge in [0.15, 0.2) is 5.82 Å². The Morgan fingerprint density at radius 2 is 1.91 bits per heavy atom. The van der Waals surface area contributed by atoms with Gasteiger partial charge < -0.3 is 15.2 Å². The Morgan fingerprint density at radius 3 is 2.64 bits per heavy atom. The zero-order valence-electron chi connectivity index (χ0n) is 11.8. The number of carbonyl (C=O) groups excluding carboxylic acids is 1. The number of carbonyl (C=O) groups is 1.